The van der Waals surface area contributed by atoms with Gasteiger partial charge >= 0.3 is 0 Å². The molecule has 0 aliphatic rings. The molecule has 3 aromatic heterocycles. The van der Waals surface area contributed by atoms with Crippen LogP contribution in [0.3, 0.4) is 0 Å². The number of nitrogens with one attached hydrogen (secondary N) is 2. The summed E-state index contributed by atoms with van der Waals surface area (Å²) in [7, 11) is 0. The molecule has 0 saturated carbocycles. The first-order valence-electron chi connectivity index (χ1n) is 9.44. The summed E-state index contributed by atoms with van der Waals surface area (Å²) in [6, 6.07) is 17.3. The van der Waals surface area contributed by atoms with Crippen LogP contribution in [0.25, 0.3) is 0 Å². The largest absolute Gasteiger partial charge is 0.481 e. The van der Waals surface area contributed by atoms with E-state index in [4.69, 9.17) is 4.74 Å². The summed E-state index contributed by atoms with van der Waals surface area (Å²) in [6.45, 7) is 2.86. The van der Waals surface area contributed by atoms with Crippen molar-refractivity contribution in [2.24, 2.45) is 0 Å². The van der Waals surface area contributed by atoms with E-state index in [0.29, 0.717) is 30.7 Å². The van der Waals surface area contributed by atoms with Gasteiger partial charge in [-0.3, -0.25) is 4.79 Å². The Morgan fingerprint density at radius 1 is 1.00 bits per heavy atom. The molecular formula is C21H21N5O2S2. The lowest BCUT2D eigenvalue weighted by atomic mass is 10.3. The molecule has 0 amide bonds. The van der Waals surface area contributed by atoms with Gasteiger partial charge in [0.05, 0.1) is 13.1 Å². The molecule has 0 fully saturated rings. The SMILES string of the molecule is CC(Oc1ccccc1)C(=O)n1nc(NCc2cccs2)nc1NCc1cccs1. The highest BCUT2D eigenvalue weighted by molar-refractivity contribution is 7.10. The number of aromatic nitrogens is 3. The maximum Gasteiger partial charge on any atom is 0.290 e. The fourth-order valence-electron chi connectivity index (χ4n) is 2.74. The zero-order valence-corrected chi connectivity index (χ0v) is 18.0. The van der Waals surface area contributed by atoms with E-state index in [9.17, 15) is 4.79 Å². The van der Waals surface area contributed by atoms with Crippen molar-refractivity contribution in [3.8, 4) is 5.75 Å². The van der Waals surface area contributed by atoms with E-state index in [1.807, 2.05) is 65.4 Å². The minimum Gasteiger partial charge on any atom is -0.481 e. The summed E-state index contributed by atoms with van der Waals surface area (Å²) in [4.78, 5) is 19.8. The third-order valence-electron chi connectivity index (χ3n) is 4.22. The Hall–Kier alpha value is -3.17. The molecule has 9 heteroatoms. The van der Waals surface area contributed by atoms with Crippen molar-refractivity contribution >= 4 is 40.5 Å². The van der Waals surface area contributed by atoms with Crippen LogP contribution in [0.15, 0.2) is 65.4 Å². The second-order valence-corrected chi connectivity index (χ2v) is 8.51. The van der Waals surface area contributed by atoms with Gasteiger partial charge in [0.25, 0.3) is 5.91 Å². The Labute approximate surface area is 182 Å². The van der Waals surface area contributed by atoms with E-state index >= 15 is 0 Å². The van der Waals surface area contributed by atoms with E-state index in [2.05, 4.69) is 20.7 Å². The van der Waals surface area contributed by atoms with Crippen molar-refractivity contribution in [3.63, 3.8) is 0 Å². The van der Waals surface area contributed by atoms with Crippen LogP contribution in [0.2, 0.25) is 0 Å². The fourth-order valence-corrected chi connectivity index (χ4v) is 4.03. The van der Waals surface area contributed by atoms with Crippen molar-refractivity contribution < 1.29 is 9.53 Å². The van der Waals surface area contributed by atoms with Crippen LogP contribution in [0.4, 0.5) is 11.9 Å². The Morgan fingerprint density at radius 3 is 2.30 bits per heavy atom. The van der Waals surface area contributed by atoms with E-state index in [-0.39, 0.29) is 5.91 Å². The molecule has 154 valence electrons. The molecule has 0 aliphatic heterocycles. The van der Waals surface area contributed by atoms with Crippen molar-refractivity contribution in [2.45, 2.75) is 26.1 Å². The molecule has 1 unspecified atom stereocenters. The molecule has 7 nitrogen and oxygen atoms in total. The molecule has 4 aromatic rings. The molecule has 0 bridgehead atoms. The lowest BCUT2D eigenvalue weighted by Gasteiger charge is -2.14. The molecule has 1 atom stereocenters. The van der Waals surface area contributed by atoms with Gasteiger partial charge in [0.15, 0.2) is 6.10 Å². The molecule has 0 saturated heterocycles. The van der Waals surface area contributed by atoms with Crippen molar-refractivity contribution in [2.75, 3.05) is 10.6 Å². The van der Waals surface area contributed by atoms with Crippen LogP contribution in [0.1, 0.15) is 21.5 Å². The summed E-state index contributed by atoms with van der Waals surface area (Å²) in [6.07, 6.45) is -0.721. The van der Waals surface area contributed by atoms with Gasteiger partial charge in [-0.1, -0.05) is 30.3 Å². The van der Waals surface area contributed by atoms with Gasteiger partial charge in [0.1, 0.15) is 5.75 Å². The van der Waals surface area contributed by atoms with Crippen LogP contribution in [0.5, 0.6) is 5.75 Å². The number of hydrogen-bond donors (Lipinski definition) is 2. The van der Waals surface area contributed by atoms with E-state index in [1.54, 1.807) is 29.6 Å². The van der Waals surface area contributed by atoms with Gasteiger partial charge in [-0.15, -0.1) is 27.8 Å². The Kier molecular flexibility index (Phi) is 6.41. The lowest BCUT2D eigenvalue weighted by Crippen LogP contribution is -2.31. The van der Waals surface area contributed by atoms with Crippen LogP contribution in [0, 0.1) is 0 Å². The van der Waals surface area contributed by atoms with E-state index in [0.717, 1.165) is 9.75 Å². The van der Waals surface area contributed by atoms with Crippen LogP contribution >= 0.6 is 22.7 Å². The molecule has 0 aliphatic carbocycles. The van der Waals surface area contributed by atoms with Gasteiger partial charge in [-0.2, -0.15) is 9.67 Å². The standard InChI is InChI=1S/C21H21N5O2S2/c1-15(28-16-7-3-2-4-8-16)19(27)26-21(23-14-18-10-6-12-30-18)24-20(25-26)22-13-17-9-5-11-29-17/h2-12,15H,13-14H2,1H3,(H2,22,23,24,25). The number of thiophene rings is 2. The summed E-state index contributed by atoms with van der Waals surface area (Å²) in [5.41, 5.74) is 0. The minimum absolute atomic E-state index is 0.302. The first-order chi connectivity index (χ1) is 14.7. The Morgan fingerprint density at radius 2 is 1.67 bits per heavy atom. The summed E-state index contributed by atoms with van der Waals surface area (Å²) >= 11 is 3.28. The van der Waals surface area contributed by atoms with Crippen molar-refractivity contribution in [1.29, 1.82) is 0 Å². The van der Waals surface area contributed by atoms with Crippen LogP contribution < -0.4 is 15.4 Å². The predicted octanol–water partition coefficient (Wildman–Crippen LogP) is 4.73. The number of carbonyl (C=O) groups excluding carboxylic acids is 1. The van der Waals surface area contributed by atoms with Gasteiger partial charge in [-0.05, 0) is 41.9 Å². The number of ether oxygens (including phenoxy) is 1. The number of nitrogens with zero attached hydrogens (tertiary/aromatic N) is 3. The van der Waals surface area contributed by atoms with Gasteiger partial charge in [0, 0.05) is 9.75 Å². The zero-order valence-electron chi connectivity index (χ0n) is 16.3. The number of hydrogen-bond acceptors (Lipinski definition) is 8. The monoisotopic (exact) mass is 439 g/mol. The summed E-state index contributed by atoms with van der Waals surface area (Å²) in [5.74, 6) is 1.09. The second kappa shape index (κ2) is 9.55. The molecular weight excluding hydrogens is 418 g/mol. The predicted molar refractivity (Wildman–Crippen MR) is 120 cm³/mol. The maximum absolute atomic E-state index is 13.0. The second-order valence-electron chi connectivity index (χ2n) is 6.45. The third kappa shape index (κ3) is 5.05. The topological polar surface area (TPSA) is 81.1 Å². The molecule has 4 rings (SSSR count). The van der Waals surface area contributed by atoms with E-state index < -0.39 is 6.10 Å². The van der Waals surface area contributed by atoms with Crippen molar-refractivity contribution in [3.05, 3.63) is 75.1 Å². The number of para-hydroxylation sites is 1. The highest BCUT2D eigenvalue weighted by Crippen LogP contribution is 2.18. The molecule has 1 aromatic carbocycles. The first-order valence-corrected chi connectivity index (χ1v) is 11.2. The highest BCUT2D eigenvalue weighted by atomic mass is 32.1. The minimum atomic E-state index is -0.721. The first kappa shape index (κ1) is 20.1. The molecule has 30 heavy (non-hydrogen) atoms. The highest BCUT2D eigenvalue weighted by Gasteiger charge is 2.23. The molecule has 0 spiro atoms. The van der Waals surface area contributed by atoms with Gasteiger partial charge in [-0.25, -0.2) is 0 Å². The molecule has 2 N–H and O–H groups in total. The zero-order chi connectivity index (χ0) is 20.8. The van der Waals surface area contributed by atoms with Crippen LogP contribution in [-0.2, 0) is 13.1 Å². The van der Waals surface area contributed by atoms with Crippen LogP contribution in [-0.4, -0.2) is 26.8 Å². The smallest absolute Gasteiger partial charge is 0.290 e. The molecule has 0 radical (unpaired) electrons. The molecule has 3 heterocycles. The van der Waals surface area contributed by atoms with Crippen molar-refractivity contribution in [1.82, 2.24) is 14.8 Å². The normalized spacial score (nSPS) is 11.8. The fraction of sp³-hybridized carbons (Fsp3) is 0.190. The number of benzene rings is 1. The Bertz CT molecular complexity index is 1060. The van der Waals surface area contributed by atoms with Gasteiger partial charge in [0.2, 0.25) is 11.9 Å². The third-order valence-corrected chi connectivity index (χ3v) is 5.97. The van der Waals surface area contributed by atoms with Gasteiger partial charge < -0.3 is 15.4 Å². The Balaban J connectivity index is 1.51. The number of anilines is 2. The summed E-state index contributed by atoms with van der Waals surface area (Å²) in [5, 5.41) is 14.8. The quantitative estimate of drug-likeness (QED) is 0.392. The lowest BCUT2D eigenvalue weighted by molar-refractivity contribution is 0.0713. The number of rotatable bonds is 9. The summed E-state index contributed by atoms with van der Waals surface area (Å²) < 4.78 is 7.06. The average molecular weight is 440 g/mol. The number of carbonyl (C=O) groups is 1. The van der Waals surface area contributed by atoms with E-state index in [1.165, 1.54) is 4.68 Å². The maximum atomic E-state index is 13.0. The average Bonchev–Trinajstić information content (AvgIpc) is 3.53.